The van der Waals surface area contributed by atoms with E-state index in [2.05, 4.69) is 72.2 Å². The first-order valence-electron chi connectivity index (χ1n) is 8.12. The molecule has 0 bridgehead atoms. The van der Waals surface area contributed by atoms with Gasteiger partial charge < -0.3 is 10.2 Å². The second-order valence-corrected chi connectivity index (χ2v) is 7.97. The van der Waals surface area contributed by atoms with Crippen molar-refractivity contribution in [3.63, 3.8) is 0 Å². The van der Waals surface area contributed by atoms with Crippen LogP contribution < -0.4 is 5.32 Å². The number of nitrogens with zero attached hydrogens (tertiary/aromatic N) is 1. The summed E-state index contributed by atoms with van der Waals surface area (Å²) in [5.74, 6) is 2.56. The second-order valence-electron chi connectivity index (χ2n) is 7.12. The molecule has 0 aliphatic heterocycles. The van der Waals surface area contributed by atoms with Crippen LogP contribution in [-0.2, 0) is 13.1 Å². The molecular weight excluding hydrogens is 324 g/mol. The van der Waals surface area contributed by atoms with Gasteiger partial charge in [-0.3, -0.25) is 0 Å². The molecule has 2 atom stereocenters. The first kappa shape index (κ1) is 17.0. The fourth-order valence-electron chi connectivity index (χ4n) is 2.74. The fourth-order valence-corrected chi connectivity index (χ4v) is 3.29. The molecule has 2 nitrogen and oxygen atoms in total. The van der Waals surface area contributed by atoms with Gasteiger partial charge in [0.15, 0.2) is 0 Å². The zero-order valence-electron chi connectivity index (χ0n) is 13.8. The molecular formula is C18H29BrN2. The Kier molecular flexibility index (Phi) is 6.27. The van der Waals surface area contributed by atoms with E-state index < -0.39 is 0 Å². The average Bonchev–Trinajstić information content (AvgIpc) is 3.07. The molecule has 0 saturated heterocycles. The summed E-state index contributed by atoms with van der Waals surface area (Å²) in [5, 5.41) is 3.50. The Bertz CT molecular complexity index is 459. The highest BCUT2D eigenvalue weighted by atomic mass is 79.9. The molecule has 21 heavy (non-hydrogen) atoms. The summed E-state index contributed by atoms with van der Waals surface area (Å²) in [4.78, 5) is 2.45. The van der Waals surface area contributed by atoms with Gasteiger partial charge in [-0.25, -0.2) is 0 Å². The maximum atomic E-state index is 3.74. The molecule has 1 fully saturated rings. The molecule has 0 amide bonds. The summed E-state index contributed by atoms with van der Waals surface area (Å²) in [6.45, 7) is 11.1. The standard InChI is InChI=1S/C18H29BrN2/c1-13(2)9-20-10-15-5-6-16(18(19)8-15)11-21(4)12-17-7-14(17)3/h5-6,8,13-14,17,20H,7,9-12H2,1-4H3. The van der Waals surface area contributed by atoms with Gasteiger partial charge in [0.05, 0.1) is 0 Å². The van der Waals surface area contributed by atoms with Crippen LogP contribution in [0.15, 0.2) is 22.7 Å². The van der Waals surface area contributed by atoms with Crippen LogP contribution in [0, 0.1) is 17.8 Å². The summed E-state index contributed by atoms with van der Waals surface area (Å²) in [7, 11) is 2.23. The largest absolute Gasteiger partial charge is 0.312 e. The van der Waals surface area contributed by atoms with Gasteiger partial charge in [-0.1, -0.05) is 48.8 Å². The molecule has 1 aromatic rings. The van der Waals surface area contributed by atoms with Crippen LogP contribution in [-0.4, -0.2) is 25.0 Å². The minimum absolute atomic E-state index is 0.700. The molecule has 0 heterocycles. The zero-order chi connectivity index (χ0) is 15.4. The van der Waals surface area contributed by atoms with E-state index >= 15 is 0 Å². The van der Waals surface area contributed by atoms with E-state index in [-0.39, 0.29) is 0 Å². The van der Waals surface area contributed by atoms with Crippen molar-refractivity contribution in [3.05, 3.63) is 33.8 Å². The number of rotatable bonds is 8. The number of benzene rings is 1. The predicted octanol–water partition coefficient (Wildman–Crippen LogP) is 4.28. The Morgan fingerprint density at radius 2 is 2.10 bits per heavy atom. The lowest BCUT2D eigenvalue weighted by Crippen LogP contribution is -2.21. The Morgan fingerprint density at radius 3 is 2.67 bits per heavy atom. The number of halogens is 1. The predicted molar refractivity (Wildman–Crippen MR) is 94.3 cm³/mol. The van der Waals surface area contributed by atoms with Gasteiger partial charge >= 0.3 is 0 Å². The maximum absolute atomic E-state index is 3.74. The lowest BCUT2D eigenvalue weighted by atomic mass is 10.1. The smallest absolute Gasteiger partial charge is 0.0242 e. The van der Waals surface area contributed by atoms with Crippen LogP contribution in [0.3, 0.4) is 0 Å². The molecule has 2 rings (SSSR count). The number of nitrogens with one attached hydrogen (secondary N) is 1. The maximum Gasteiger partial charge on any atom is 0.0242 e. The van der Waals surface area contributed by atoms with Gasteiger partial charge in [-0.2, -0.15) is 0 Å². The second kappa shape index (κ2) is 7.75. The van der Waals surface area contributed by atoms with Crippen LogP contribution >= 0.6 is 15.9 Å². The Balaban J connectivity index is 1.83. The van der Waals surface area contributed by atoms with Gasteiger partial charge in [-0.15, -0.1) is 0 Å². The molecule has 3 heteroatoms. The van der Waals surface area contributed by atoms with Crippen molar-refractivity contribution in [1.29, 1.82) is 0 Å². The molecule has 0 spiro atoms. The van der Waals surface area contributed by atoms with Crippen molar-refractivity contribution in [2.75, 3.05) is 20.1 Å². The highest BCUT2D eigenvalue weighted by Gasteiger charge is 2.33. The summed E-state index contributed by atoms with van der Waals surface area (Å²) >= 11 is 3.74. The van der Waals surface area contributed by atoms with Gasteiger partial charge in [-0.05, 0) is 55.0 Å². The third kappa shape index (κ3) is 5.72. The third-order valence-electron chi connectivity index (χ3n) is 4.26. The van der Waals surface area contributed by atoms with E-state index in [1.165, 1.54) is 28.6 Å². The summed E-state index contributed by atoms with van der Waals surface area (Å²) in [5.41, 5.74) is 2.74. The molecule has 1 aliphatic rings. The van der Waals surface area contributed by atoms with Gasteiger partial charge in [0.2, 0.25) is 0 Å². The van der Waals surface area contributed by atoms with Gasteiger partial charge in [0, 0.05) is 24.1 Å². The van der Waals surface area contributed by atoms with Gasteiger partial charge in [0.1, 0.15) is 0 Å². The van der Waals surface area contributed by atoms with E-state index in [1.54, 1.807) is 0 Å². The lowest BCUT2D eigenvalue weighted by Gasteiger charge is -2.18. The Hall–Kier alpha value is -0.380. The van der Waals surface area contributed by atoms with Crippen LogP contribution in [0.25, 0.3) is 0 Å². The molecule has 0 aromatic heterocycles. The minimum atomic E-state index is 0.700. The van der Waals surface area contributed by atoms with E-state index in [4.69, 9.17) is 0 Å². The Morgan fingerprint density at radius 1 is 1.38 bits per heavy atom. The van der Waals surface area contributed by atoms with Crippen LogP contribution in [0.2, 0.25) is 0 Å². The van der Waals surface area contributed by atoms with Crippen molar-refractivity contribution < 1.29 is 0 Å². The number of hydrogen-bond acceptors (Lipinski definition) is 2. The molecule has 1 aliphatic carbocycles. The van der Waals surface area contributed by atoms with Crippen molar-refractivity contribution in [2.45, 2.75) is 40.3 Å². The molecule has 0 radical (unpaired) electrons. The molecule has 2 unspecified atom stereocenters. The Labute approximate surface area is 138 Å². The van der Waals surface area contributed by atoms with Crippen molar-refractivity contribution in [2.24, 2.45) is 17.8 Å². The van der Waals surface area contributed by atoms with Crippen LogP contribution in [0.4, 0.5) is 0 Å². The van der Waals surface area contributed by atoms with E-state index in [9.17, 15) is 0 Å². The monoisotopic (exact) mass is 352 g/mol. The highest BCUT2D eigenvalue weighted by Crippen LogP contribution is 2.38. The normalized spacial score (nSPS) is 21.3. The number of hydrogen-bond donors (Lipinski definition) is 1. The summed E-state index contributed by atoms with van der Waals surface area (Å²) in [6.07, 6.45) is 1.41. The SMILES string of the molecule is CC(C)CNCc1ccc(CN(C)CC2CC2C)c(Br)c1. The molecule has 118 valence electrons. The van der Waals surface area contributed by atoms with Crippen LogP contribution in [0.1, 0.15) is 38.3 Å². The summed E-state index contributed by atoms with van der Waals surface area (Å²) < 4.78 is 1.24. The fraction of sp³-hybridized carbons (Fsp3) is 0.667. The van der Waals surface area contributed by atoms with E-state index in [0.29, 0.717) is 5.92 Å². The quantitative estimate of drug-likeness (QED) is 0.750. The zero-order valence-corrected chi connectivity index (χ0v) is 15.4. The van der Waals surface area contributed by atoms with Crippen molar-refractivity contribution >= 4 is 15.9 Å². The van der Waals surface area contributed by atoms with E-state index in [1.807, 2.05) is 0 Å². The minimum Gasteiger partial charge on any atom is -0.312 e. The van der Waals surface area contributed by atoms with Crippen molar-refractivity contribution in [3.8, 4) is 0 Å². The van der Waals surface area contributed by atoms with E-state index in [0.717, 1.165) is 31.5 Å². The molecule has 1 N–H and O–H groups in total. The molecule has 1 saturated carbocycles. The average molecular weight is 353 g/mol. The topological polar surface area (TPSA) is 15.3 Å². The first-order valence-corrected chi connectivity index (χ1v) is 8.91. The first-order chi connectivity index (χ1) is 9.95. The molecule has 1 aromatic carbocycles. The van der Waals surface area contributed by atoms with Crippen LogP contribution in [0.5, 0.6) is 0 Å². The van der Waals surface area contributed by atoms with Crippen molar-refractivity contribution in [1.82, 2.24) is 10.2 Å². The summed E-state index contributed by atoms with van der Waals surface area (Å²) in [6, 6.07) is 6.78. The lowest BCUT2D eigenvalue weighted by molar-refractivity contribution is 0.307. The highest BCUT2D eigenvalue weighted by molar-refractivity contribution is 9.10. The van der Waals surface area contributed by atoms with Gasteiger partial charge in [0.25, 0.3) is 0 Å². The third-order valence-corrected chi connectivity index (χ3v) is 5.00.